The molecule has 6 heteroatoms. The van der Waals surface area contributed by atoms with Crippen LogP contribution in [0.5, 0.6) is 0 Å². The van der Waals surface area contributed by atoms with Crippen LogP contribution in [0.3, 0.4) is 0 Å². The Kier molecular flexibility index (Phi) is 48.5. The predicted molar refractivity (Wildman–Crippen MR) is 274 cm³/mol. The van der Waals surface area contributed by atoms with E-state index in [-0.39, 0.29) is 31.1 Å². The van der Waals surface area contributed by atoms with Crippen LogP contribution < -0.4 is 0 Å². The van der Waals surface area contributed by atoms with Crippen molar-refractivity contribution >= 4 is 17.9 Å². The molecule has 0 aromatic carbocycles. The lowest BCUT2D eigenvalue weighted by molar-refractivity contribution is -0.167. The lowest BCUT2D eigenvalue weighted by Gasteiger charge is -2.18. The van der Waals surface area contributed by atoms with E-state index in [9.17, 15) is 14.4 Å². The summed E-state index contributed by atoms with van der Waals surface area (Å²) < 4.78 is 16.8. The summed E-state index contributed by atoms with van der Waals surface area (Å²) in [7, 11) is 0. The van der Waals surface area contributed by atoms with E-state index in [4.69, 9.17) is 14.2 Å². The molecule has 0 bridgehead atoms. The van der Waals surface area contributed by atoms with E-state index in [0.717, 1.165) is 154 Å². The van der Waals surface area contributed by atoms with E-state index in [1.54, 1.807) is 0 Å². The molecule has 0 rings (SSSR count). The van der Waals surface area contributed by atoms with Gasteiger partial charge in [0.15, 0.2) is 6.10 Å². The molecule has 0 heterocycles. The summed E-state index contributed by atoms with van der Waals surface area (Å²) in [6.45, 7) is 6.25. The first-order valence-corrected chi connectivity index (χ1v) is 25.9. The predicted octanol–water partition coefficient (Wildman–Crippen LogP) is 17.1. The number of ether oxygens (including phenoxy) is 3. The highest BCUT2D eigenvalue weighted by Gasteiger charge is 2.19. The Labute approximate surface area is 393 Å². The fourth-order valence-electron chi connectivity index (χ4n) is 6.72. The molecule has 0 aliphatic carbocycles. The molecule has 0 aliphatic heterocycles. The van der Waals surface area contributed by atoms with Crippen molar-refractivity contribution in [3.05, 3.63) is 109 Å². The minimum absolute atomic E-state index is 0.0999. The Hall–Kier alpha value is -3.93. The summed E-state index contributed by atoms with van der Waals surface area (Å²) in [5, 5.41) is 0. The van der Waals surface area contributed by atoms with Crippen molar-refractivity contribution in [2.45, 2.75) is 226 Å². The van der Waals surface area contributed by atoms with Gasteiger partial charge in [-0.15, -0.1) is 0 Å². The summed E-state index contributed by atoms with van der Waals surface area (Å²) in [6.07, 6.45) is 69.2. The maximum absolute atomic E-state index is 12.8. The number of hydrogen-bond donors (Lipinski definition) is 0. The van der Waals surface area contributed by atoms with Crippen LogP contribution in [0.4, 0.5) is 0 Å². The first kappa shape index (κ1) is 60.1. The van der Waals surface area contributed by atoms with Crippen molar-refractivity contribution in [2.75, 3.05) is 13.2 Å². The van der Waals surface area contributed by atoms with Gasteiger partial charge in [0.1, 0.15) is 13.2 Å². The van der Waals surface area contributed by atoms with E-state index in [1.165, 1.54) is 25.7 Å². The molecule has 64 heavy (non-hydrogen) atoms. The molecule has 0 aromatic rings. The molecule has 0 amide bonds. The summed E-state index contributed by atoms with van der Waals surface area (Å²) in [5.41, 5.74) is 0. The van der Waals surface area contributed by atoms with Crippen molar-refractivity contribution in [1.82, 2.24) is 0 Å². The number of allylic oxidation sites excluding steroid dienone is 18. The SMILES string of the molecule is CC/C=C\C/C=C\C/C=C\CCCCCCCCC(=O)OCC(COC(=O)CCCCCC/C=C\C/C=C\C/C=C\CC)OC(=O)CCCCCCCC/C=C\C/C=C\C/C=C\CC. The molecule has 0 saturated heterocycles. The van der Waals surface area contributed by atoms with Gasteiger partial charge in [0.25, 0.3) is 0 Å². The van der Waals surface area contributed by atoms with E-state index >= 15 is 0 Å². The molecule has 0 aromatic heterocycles. The number of carbonyl (C=O) groups excluding carboxylic acids is 3. The molecule has 0 spiro atoms. The highest BCUT2D eigenvalue weighted by molar-refractivity contribution is 5.71. The molecule has 0 fully saturated rings. The monoisotopic (exact) mass is 887 g/mol. The zero-order valence-electron chi connectivity index (χ0n) is 41.3. The van der Waals surface area contributed by atoms with Gasteiger partial charge in [-0.1, -0.05) is 194 Å². The van der Waals surface area contributed by atoms with Crippen molar-refractivity contribution < 1.29 is 28.6 Å². The second kappa shape index (κ2) is 51.7. The maximum Gasteiger partial charge on any atom is 0.306 e. The third-order valence-electron chi connectivity index (χ3n) is 10.5. The molecular formula is C58H94O6. The number of hydrogen-bond acceptors (Lipinski definition) is 6. The van der Waals surface area contributed by atoms with Crippen molar-refractivity contribution in [1.29, 1.82) is 0 Å². The molecule has 1 unspecified atom stereocenters. The fourth-order valence-corrected chi connectivity index (χ4v) is 6.72. The van der Waals surface area contributed by atoms with Gasteiger partial charge >= 0.3 is 17.9 Å². The number of esters is 3. The average molecular weight is 887 g/mol. The van der Waals surface area contributed by atoms with Gasteiger partial charge in [0.2, 0.25) is 0 Å². The minimum Gasteiger partial charge on any atom is -0.462 e. The molecule has 362 valence electrons. The smallest absolute Gasteiger partial charge is 0.306 e. The molecule has 0 saturated carbocycles. The van der Waals surface area contributed by atoms with Gasteiger partial charge in [-0.05, 0) is 116 Å². The van der Waals surface area contributed by atoms with E-state index in [2.05, 4.69) is 130 Å². The Morgan fingerprint density at radius 2 is 0.562 bits per heavy atom. The van der Waals surface area contributed by atoms with Crippen LogP contribution in [0.2, 0.25) is 0 Å². The van der Waals surface area contributed by atoms with Gasteiger partial charge in [-0.2, -0.15) is 0 Å². The Bertz CT molecular complexity index is 1340. The van der Waals surface area contributed by atoms with Crippen LogP contribution in [-0.4, -0.2) is 37.2 Å². The third-order valence-corrected chi connectivity index (χ3v) is 10.5. The molecular weight excluding hydrogens is 793 g/mol. The Balaban J connectivity index is 4.48. The highest BCUT2D eigenvalue weighted by Crippen LogP contribution is 2.13. The van der Waals surface area contributed by atoms with E-state index in [0.29, 0.717) is 19.3 Å². The van der Waals surface area contributed by atoms with Crippen molar-refractivity contribution in [3.63, 3.8) is 0 Å². The normalized spacial score (nSPS) is 13.0. The van der Waals surface area contributed by atoms with Crippen LogP contribution in [0, 0.1) is 0 Å². The largest absolute Gasteiger partial charge is 0.462 e. The lowest BCUT2D eigenvalue weighted by atomic mass is 10.1. The van der Waals surface area contributed by atoms with Crippen LogP contribution in [0.15, 0.2) is 109 Å². The Morgan fingerprint density at radius 1 is 0.312 bits per heavy atom. The zero-order valence-corrected chi connectivity index (χ0v) is 41.3. The van der Waals surface area contributed by atoms with E-state index in [1.807, 2.05) is 0 Å². The number of unbranched alkanes of at least 4 members (excludes halogenated alkanes) is 16. The van der Waals surface area contributed by atoms with Gasteiger partial charge in [0.05, 0.1) is 0 Å². The fraction of sp³-hybridized carbons (Fsp3) is 0.638. The van der Waals surface area contributed by atoms with Gasteiger partial charge < -0.3 is 14.2 Å². The number of rotatable bonds is 45. The molecule has 0 radical (unpaired) electrons. The summed E-state index contributed by atoms with van der Waals surface area (Å²) in [5.74, 6) is -0.952. The standard InChI is InChI=1S/C58H94O6/c1-4-7-10-13-16-19-22-25-28-30-33-36-39-42-45-48-51-57(60)63-54-55(53-62-56(59)50-47-44-41-38-35-32-27-24-21-18-15-12-9-6-3)64-58(61)52-49-46-43-40-37-34-31-29-26-23-20-17-14-11-8-5-2/h7-12,16-21,25-29,32,55H,4-6,13-15,22-24,30-31,33-54H2,1-3H3/b10-7-,11-8-,12-9-,19-16-,20-17-,21-18-,28-25-,29-26-,32-27-. The molecule has 0 aliphatic rings. The number of carbonyl (C=O) groups is 3. The first-order valence-electron chi connectivity index (χ1n) is 25.9. The van der Waals surface area contributed by atoms with Crippen molar-refractivity contribution in [3.8, 4) is 0 Å². The van der Waals surface area contributed by atoms with Gasteiger partial charge in [-0.25, -0.2) is 0 Å². The maximum atomic E-state index is 12.8. The minimum atomic E-state index is -0.802. The van der Waals surface area contributed by atoms with Crippen LogP contribution in [-0.2, 0) is 28.6 Å². The second-order valence-electron chi connectivity index (χ2n) is 16.6. The second-order valence-corrected chi connectivity index (χ2v) is 16.6. The first-order chi connectivity index (χ1) is 31.5. The molecule has 0 N–H and O–H groups in total. The van der Waals surface area contributed by atoms with Crippen LogP contribution in [0.1, 0.15) is 220 Å². The lowest BCUT2D eigenvalue weighted by Crippen LogP contribution is -2.30. The summed E-state index contributed by atoms with van der Waals surface area (Å²) >= 11 is 0. The quantitative estimate of drug-likeness (QED) is 0.0262. The third kappa shape index (κ3) is 49.1. The van der Waals surface area contributed by atoms with E-state index < -0.39 is 6.10 Å². The zero-order chi connectivity index (χ0) is 46.5. The molecule has 1 atom stereocenters. The summed E-state index contributed by atoms with van der Waals surface area (Å²) in [6, 6.07) is 0. The topological polar surface area (TPSA) is 78.9 Å². The Morgan fingerprint density at radius 3 is 0.875 bits per heavy atom. The van der Waals surface area contributed by atoms with Gasteiger partial charge in [0, 0.05) is 19.3 Å². The van der Waals surface area contributed by atoms with Gasteiger partial charge in [-0.3, -0.25) is 14.4 Å². The van der Waals surface area contributed by atoms with Crippen LogP contribution >= 0.6 is 0 Å². The molecule has 6 nitrogen and oxygen atoms in total. The average Bonchev–Trinajstić information content (AvgIpc) is 3.29. The highest BCUT2D eigenvalue weighted by atomic mass is 16.6. The summed E-state index contributed by atoms with van der Waals surface area (Å²) in [4.78, 5) is 38.0. The van der Waals surface area contributed by atoms with Crippen LogP contribution in [0.25, 0.3) is 0 Å². The van der Waals surface area contributed by atoms with Crippen molar-refractivity contribution in [2.24, 2.45) is 0 Å².